The number of alkyl carbamates (subject to hydrolysis) is 2. The Bertz CT molecular complexity index is 1850. The molecule has 57 heavy (non-hydrogen) atoms. The minimum Gasteiger partial charge on any atom is -0.444 e. The molecule has 0 spiro atoms. The van der Waals surface area contributed by atoms with Crippen LogP contribution in [-0.2, 0) is 9.47 Å². The van der Waals surface area contributed by atoms with Crippen LogP contribution in [0.4, 0.5) is 9.59 Å². The van der Waals surface area contributed by atoms with Crippen molar-refractivity contribution >= 4 is 35.8 Å². The van der Waals surface area contributed by atoms with E-state index in [0.717, 1.165) is 11.1 Å². The van der Waals surface area contributed by atoms with Crippen molar-refractivity contribution in [3.8, 4) is 0 Å². The highest BCUT2D eigenvalue weighted by molar-refractivity contribution is 6.22. The van der Waals surface area contributed by atoms with Crippen LogP contribution in [0.25, 0.3) is 0 Å². The number of carbonyl (C=O) groups is 6. The molecule has 0 aliphatic carbocycles. The fourth-order valence-electron chi connectivity index (χ4n) is 6.47. The van der Waals surface area contributed by atoms with E-state index in [2.05, 4.69) is 10.6 Å². The Balaban J connectivity index is 0.000000248. The zero-order chi connectivity index (χ0) is 40.6. The van der Waals surface area contributed by atoms with Crippen LogP contribution < -0.4 is 10.6 Å². The molecule has 12 nitrogen and oxygen atoms in total. The van der Waals surface area contributed by atoms with E-state index in [1.54, 1.807) is 90.1 Å². The third-order valence-corrected chi connectivity index (χ3v) is 8.81. The van der Waals surface area contributed by atoms with Gasteiger partial charge >= 0.3 is 12.2 Å². The largest absolute Gasteiger partial charge is 0.444 e. The van der Waals surface area contributed by atoms with Crippen molar-refractivity contribution in [2.45, 2.75) is 85.1 Å². The fraction of sp³-hybridized carbons (Fsp3) is 0.333. The molecule has 0 saturated heterocycles. The van der Waals surface area contributed by atoms with E-state index in [0.29, 0.717) is 35.1 Å². The predicted octanol–water partition coefficient (Wildman–Crippen LogP) is 8.51. The lowest BCUT2D eigenvalue weighted by atomic mass is 10.0. The van der Waals surface area contributed by atoms with E-state index in [9.17, 15) is 28.8 Å². The molecule has 2 aliphatic rings. The van der Waals surface area contributed by atoms with Gasteiger partial charge in [0.05, 0.1) is 34.3 Å². The van der Waals surface area contributed by atoms with E-state index in [1.165, 1.54) is 9.80 Å². The summed E-state index contributed by atoms with van der Waals surface area (Å²) < 4.78 is 10.5. The van der Waals surface area contributed by atoms with Crippen molar-refractivity contribution in [2.24, 2.45) is 0 Å². The number of fused-ring (bicyclic) bond motifs is 2. The summed E-state index contributed by atoms with van der Waals surface area (Å²) in [5.74, 6) is -1.25. The van der Waals surface area contributed by atoms with E-state index in [4.69, 9.17) is 9.47 Å². The highest BCUT2D eigenvalue weighted by Crippen LogP contribution is 2.34. The molecule has 0 radical (unpaired) electrons. The summed E-state index contributed by atoms with van der Waals surface area (Å²) in [4.78, 5) is 78.0. The number of benzene rings is 4. The molecule has 4 aromatic carbocycles. The third-order valence-electron chi connectivity index (χ3n) is 8.81. The zero-order valence-electron chi connectivity index (χ0n) is 32.5. The van der Waals surface area contributed by atoms with Crippen molar-refractivity contribution in [3.05, 3.63) is 143 Å². The van der Waals surface area contributed by atoms with Gasteiger partial charge in [-0.2, -0.15) is 0 Å². The molecule has 0 unspecified atom stereocenters. The zero-order valence-corrected chi connectivity index (χ0v) is 32.5. The maximum absolute atomic E-state index is 12.9. The van der Waals surface area contributed by atoms with Crippen molar-refractivity contribution in [1.29, 1.82) is 0 Å². The van der Waals surface area contributed by atoms with Crippen LogP contribution in [0.5, 0.6) is 0 Å². The van der Waals surface area contributed by atoms with Crippen molar-refractivity contribution in [1.82, 2.24) is 20.4 Å². The van der Waals surface area contributed by atoms with Gasteiger partial charge in [0, 0.05) is 13.1 Å². The normalized spacial score (nSPS) is 14.4. The number of carbonyl (C=O) groups excluding carboxylic acids is 6. The summed E-state index contributed by atoms with van der Waals surface area (Å²) >= 11 is 0. The second-order valence-electron chi connectivity index (χ2n) is 15.3. The molecule has 2 N–H and O–H groups in total. The van der Waals surface area contributed by atoms with Gasteiger partial charge in [-0.3, -0.25) is 29.0 Å². The van der Waals surface area contributed by atoms with Crippen molar-refractivity contribution in [2.75, 3.05) is 13.1 Å². The van der Waals surface area contributed by atoms with E-state index < -0.39 is 35.5 Å². The SMILES string of the molecule is C.CC(C)(C)OC(=O)NCC[C@H](c1ccccc1)N1C(=O)c2ccccc2C1=O.CC(C)(C)OC(=O)NCC[C@H](c1ccccc1)N1C(=O)c2ccccc2C1=O. The number of nitrogens with one attached hydrogen (secondary N) is 2. The molecule has 0 saturated carbocycles. The monoisotopic (exact) mass is 776 g/mol. The molecular formula is C45H52N4O8. The number of rotatable bonds is 10. The Kier molecular flexibility index (Phi) is 14.1. The fourth-order valence-corrected chi connectivity index (χ4v) is 6.47. The summed E-state index contributed by atoms with van der Waals surface area (Å²) in [6.45, 7) is 11.3. The molecule has 2 aliphatic heterocycles. The summed E-state index contributed by atoms with van der Waals surface area (Å²) in [5.41, 5.74) is 2.13. The number of hydrogen-bond acceptors (Lipinski definition) is 8. The summed E-state index contributed by atoms with van der Waals surface area (Å²) in [6, 6.07) is 31.4. The Morgan fingerprint density at radius 1 is 0.491 bits per heavy atom. The van der Waals surface area contributed by atoms with Crippen molar-refractivity contribution in [3.63, 3.8) is 0 Å². The van der Waals surface area contributed by atoms with Crippen LogP contribution in [0.2, 0.25) is 0 Å². The molecule has 0 aromatic heterocycles. The summed E-state index contributed by atoms with van der Waals surface area (Å²) in [7, 11) is 0. The van der Waals surface area contributed by atoms with Gasteiger partial charge in [0.2, 0.25) is 0 Å². The third kappa shape index (κ3) is 10.9. The predicted molar refractivity (Wildman–Crippen MR) is 217 cm³/mol. The topological polar surface area (TPSA) is 151 Å². The summed E-state index contributed by atoms with van der Waals surface area (Å²) in [5, 5.41) is 5.41. The maximum Gasteiger partial charge on any atom is 0.407 e. The van der Waals surface area contributed by atoms with Crippen LogP contribution in [0.15, 0.2) is 109 Å². The lowest BCUT2D eigenvalue weighted by Gasteiger charge is -2.27. The van der Waals surface area contributed by atoms with Crippen LogP contribution >= 0.6 is 0 Å². The van der Waals surface area contributed by atoms with Crippen LogP contribution in [0, 0.1) is 0 Å². The van der Waals surface area contributed by atoms with Gasteiger partial charge in [-0.05, 0) is 89.8 Å². The molecule has 6 amide bonds. The minimum atomic E-state index is -0.592. The van der Waals surface area contributed by atoms with Gasteiger partial charge in [-0.1, -0.05) is 92.4 Å². The Morgan fingerprint density at radius 2 is 0.754 bits per heavy atom. The smallest absolute Gasteiger partial charge is 0.407 e. The molecule has 2 heterocycles. The highest BCUT2D eigenvalue weighted by atomic mass is 16.6. The summed E-state index contributed by atoms with van der Waals surface area (Å²) in [6.07, 6.45) is -0.285. The molecule has 2 atom stereocenters. The molecule has 6 rings (SSSR count). The number of hydrogen-bond donors (Lipinski definition) is 2. The first-order valence-corrected chi connectivity index (χ1v) is 18.5. The first-order valence-electron chi connectivity index (χ1n) is 18.5. The molecule has 0 fully saturated rings. The van der Waals surface area contributed by atoms with E-state index in [-0.39, 0.29) is 44.1 Å². The molecular weight excluding hydrogens is 725 g/mol. The van der Waals surface area contributed by atoms with Crippen LogP contribution in [-0.4, -0.2) is 69.9 Å². The molecule has 12 heteroatoms. The highest BCUT2D eigenvalue weighted by Gasteiger charge is 2.41. The van der Waals surface area contributed by atoms with Gasteiger partial charge in [0.1, 0.15) is 11.2 Å². The Hall–Kier alpha value is -6.30. The minimum absolute atomic E-state index is 0. The second-order valence-corrected chi connectivity index (χ2v) is 15.3. The number of imide groups is 2. The lowest BCUT2D eigenvalue weighted by molar-refractivity contribution is 0.0495. The number of ether oxygens (including phenoxy) is 2. The molecule has 4 aromatic rings. The average molecular weight is 777 g/mol. The van der Waals surface area contributed by atoms with E-state index >= 15 is 0 Å². The lowest BCUT2D eigenvalue weighted by Crippen LogP contribution is -2.38. The standard InChI is InChI=1S/2C22H24N2O4.CH4/c2*1-22(2,3)28-21(27)23-14-13-18(15-9-5-4-6-10-15)24-19(25)16-11-7-8-12-17(16)20(24)26;/h2*4-12,18H,13-14H2,1-3H3,(H,23,27);1H4/t2*18-;/m11./s1. The average Bonchev–Trinajstić information content (AvgIpc) is 3.55. The maximum atomic E-state index is 12.9. The van der Waals surface area contributed by atoms with Gasteiger partial charge in [-0.25, -0.2) is 9.59 Å². The number of amides is 6. The number of nitrogens with zero attached hydrogens (tertiary/aromatic N) is 2. The van der Waals surface area contributed by atoms with Crippen molar-refractivity contribution < 1.29 is 38.2 Å². The first-order chi connectivity index (χ1) is 26.6. The quantitative estimate of drug-likeness (QED) is 0.152. The van der Waals surface area contributed by atoms with Crippen LogP contribution in [0.3, 0.4) is 0 Å². The van der Waals surface area contributed by atoms with Crippen LogP contribution in [0.1, 0.15) is 126 Å². The molecule has 300 valence electrons. The van der Waals surface area contributed by atoms with Gasteiger partial charge in [0.25, 0.3) is 23.6 Å². The van der Waals surface area contributed by atoms with E-state index in [1.807, 2.05) is 60.7 Å². The first kappa shape index (κ1) is 43.4. The Morgan fingerprint density at radius 3 is 1.02 bits per heavy atom. The van der Waals surface area contributed by atoms with Gasteiger partial charge < -0.3 is 20.1 Å². The Labute approximate surface area is 334 Å². The molecule has 0 bridgehead atoms. The second kappa shape index (κ2) is 18.6. The van der Waals surface area contributed by atoms with Gasteiger partial charge in [0.15, 0.2) is 0 Å². The van der Waals surface area contributed by atoms with Gasteiger partial charge in [-0.15, -0.1) is 0 Å².